The van der Waals surface area contributed by atoms with Gasteiger partial charge in [0.2, 0.25) is 0 Å². The van der Waals surface area contributed by atoms with Crippen LogP contribution in [0.15, 0.2) is 42.6 Å². The Morgan fingerprint density at radius 2 is 2.04 bits per heavy atom. The summed E-state index contributed by atoms with van der Waals surface area (Å²) >= 11 is 0. The van der Waals surface area contributed by atoms with Crippen molar-refractivity contribution in [3.8, 4) is 11.3 Å². The molecule has 0 spiro atoms. The molecule has 2 N–H and O–H groups in total. The number of aliphatic carboxylic acids is 1. The number of aromatic amines is 1. The molecule has 1 aliphatic rings. The van der Waals surface area contributed by atoms with Crippen molar-refractivity contribution in [3.63, 3.8) is 0 Å². The van der Waals surface area contributed by atoms with Gasteiger partial charge in [-0.3, -0.25) is 9.78 Å². The maximum atomic E-state index is 11.4. The molecule has 0 atom stereocenters. The number of carboxylic acids is 1. The van der Waals surface area contributed by atoms with Crippen molar-refractivity contribution < 1.29 is 9.90 Å². The van der Waals surface area contributed by atoms with Gasteiger partial charge in [-0.15, -0.1) is 0 Å². The number of rotatable bonds is 5. The fourth-order valence-corrected chi connectivity index (χ4v) is 3.40. The number of pyridine rings is 1. The van der Waals surface area contributed by atoms with Crippen molar-refractivity contribution in [3.05, 3.63) is 53.9 Å². The number of H-pyrrole nitrogens is 1. The minimum atomic E-state index is -0.826. The monoisotopic (exact) mass is 348 g/mol. The first-order chi connectivity index (χ1) is 12.3. The maximum Gasteiger partial charge on any atom is 0.309 e. The average molecular weight is 348 g/mol. The lowest BCUT2D eigenvalue weighted by Gasteiger charge is -2.18. The van der Waals surface area contributed by atoms with E-state index in [1.165, 1.54) is 24.0 Å². The number of nitrogens with one attached hydrogen (secondary N) is 1. The summed E-state index contributed by atoms with van der Waals surface area (Å²) < 4.78 is 0. The van der Waals surface area contributed by atoms with Crippen molar-refractivity contribution in [2.75, 3.05) is 0 Å². The van der Waals surface area contributed by atoms with Gasteiger partial charge in [0, 0.05) is 23.2 Å². The Morgan fingerprint density at radius 3 is 2.73 bits per heavy atom. The predicted octanol–water partition coefficient (Wildman–Crippen LogP) is 4.93. The lowest BCUT2D eigenvalue weighted by atomic mass is 9.88. The average Bonchev–Trinajstić information content (AvgIpc) is 3.21. The third-order valence-electron chi connectivity index (χ3n) is 5.63. The van der Waals surface area contributed by atoms with Crippen LogP contribution in [0.25, 0.3) is 22.2 Å². The lowest BCUT2D eigenvalue weighted by Crippen LogP contribution is -2.26. The Bertz CT molecular complexity index is 996. The van der Waals surface area contributed by atoms with E-state index in [2.05, 4.69) is 47.2 Å². The summed E-state index contributed by atoms with van der Waals surface area (Å²) in [5, 5.41) is 10.4. The topological polar surface area (TPSA) is 66.0 Å². The molecule has 0 bridgehead atoms. The highest BCUT2D eigenvalue weighted by Crippen LogP contribution is 2.48. The zero-order valence-corrected chi connectivity index (χ0v) is 15.5. The Morgan fingerprint density at radius 1 is 1.27 bits per heavy atom. The van der Waals surface area contributed by atoms with Gasteiger partial charge in [0.15, 0.2) is 0 Å². The number of carboxylic acid groups (broad SMARTS) is 1. The van der Waals surface area contributed by atoms with Crippen LogP contribution in [0.3, 0.4) is 0 Å². The summed E-state index contributed by atoms with van der Waals surface area (Å²) in [5.74, 6) is -0.806. The van der Waals surface area contributed by atoms with Gasteiger partial charge in [-0.1, -0.05) is 25.1 Å². The smallest absolute Gasteiger partial charge is 0.309 e. The van der Waals surface area contributed by atoms with Crippen LogP contribution in [0, 0.1) is 5.41 Å². The molecule has 1 saturated carbocycles. The summed E-state index contributed by atoms with van der Waals surface area (Å²) in [7, 11) is 0. The van der Waals surface area contributed by atoms with Crippen molar-refractivity contribution in [2.24, 2.45) is 5.41 Å². The Balaban J connectivity index is 1.67. The second kappa shape index (κ2) is 5.70. The molecule has 26 heavy (non-hydrogen) atoms. The van der Waals surface area contributed by atoms with Crippen molar-refractivity contribution in [1.82, 2.24) is 9.97 Å². The number of carbonyl (C=O) groups is 1. The fraction of sp³-hybridized carbons (Fsp3) is 0.364. The van der Waals surface area contributed by atoms with Gasteiger partial charge in [-0.25, -0.2) is 0 Å². The summed E-state index contributed by atoms with van der Waals surface area (Å²) in [6.07, 6.45) is 4.73. The standard InChI is InChI=1S/C22H24N2O2/c1-21(2,20(25)26)12-17-10-15-11-18(24-19(15)13-23-17)14-5-4-6-16(9-14)22(3)7-8-22/h4-6,9-11,13,24H,7-8,12H2,1-3H3,(H,25,26). The zero-order valence-electron chi connectivity index (χ0n) is 15.5. The minimum absolute atomic E-state index is 0.346. The van der Waals surface area contributed by atoms with E-state index in [0.717, 1.165) is 22.3 Å². The lowest BCUT2D eigenvalue weighted by molar-refractivity contribution is -0.146. The molecule has 0 saturated heterocycles. The number of hydrogen-bond acceptors (Lipinski definition) is 2. The van der Waals surface area contributed by atoms with Gasteiger partial charge in [0.1, 0.15) is 0 Å². The van der Waals surface area contributed by atoms with E-state index in [9.17, 15) is 9.90 Å². The molecule has 3 aromatic rings. The highest BCUT2D eigenvalue weighted by molar-refractivity contribution is 5.86. The normalized spacial score (nSPS) is 16.0. The van der Waals surface area contributed by atoms with Gasteiger partial charge in [-0.05, 0) is 61.4 Å². The first-order valence-corrected chi connectivity index (χ1v) is 9.09. The van der Waals surface area contributed by atoms with Gasteiger partial charge in [-0.2, -0.15) is 0 Å². The molecule has 4 heteroatoms. The second-order valence-corrected chi connectivity index (χ2v) is 8.45. The Hall–Kier alpha value is -2.62. The molecule has 0 unspecified atom stereocenters. The van der Waals surface area contributed by atoms with Gasteiger partial charge < -0.3 is 10.1 Å². The molecular weight excluding hydrogens is 324 g/mol. The van der Waals surface area contributed by atoms with Crippen molar-refractivity contribution in [1.29, 1.82) is 0 Å². The van der Waals surface area contributed by atoms with E-state index in [0.29, 0.717) is 11.8 Å². The zero-order chi connectivity index (χ0) is 18.5. The highest BCUT2D eigenvalue weighted by Gasteiger charge is 2.38. The molecule has 0 amide bonds. The molecule has 1 aliphatic carbocycles. The molecule has 1 fully saturated rings. The first-order valence-electron chi connectivity index (χ1n) is 9.09. The van der Waals surface area contributed by atoms with E-state index < -0.39 is 11.4 Å². The highest BCUT2D eigenvalue weighted by atomic mass is 16.4. The Kier molecular flexibility index (Phi) is 3.69. The minimum Gasteiger partial charge on any atom is -0.481 e. The number of aromatic nitrogens is 2. The molecule has 4 rings (SSSR count). The van der Waals surface area contributed by atoms with E-state index in [-0.39, 0.29) is 0 Å². The molecule has 2 aromatic heterocycles. The van der Waals surface area contributed by atoms with Gasteiger partial charge in [0.25, 0.3) is 0 Å². The number of benzene rings is 1. The van der Waals surface area contributed by atoms with E-state index in [4.69, 9.17) is 0 Å². The van der Waals surface area contributed by atoms with Crippen LogP contribution in [0.2, 0.25) is 0 Å². The molecule has 0 radical (unpaired) electrons. The van der Waals surface area contributed by atoms with Crippen LogP contribution in [0.5, 0.6) is 0 Å². The quantitative estimate of drug-likeness (QED) is 0.687. The van der Waals surface area contributed by atoms with Crippen LogP contribution in [0.1, 0.15) is 44.9 Å². The summed E-state index contributed by atoms with van der Waals surface area (Å²) in [6, 6.07) is 12.9. The van der Waals surface area contributed by atoms with Crippen molar-refractivity contribution in [2.45, 2.75) is 45.4 Å². The molecule has 4 nitrogen and oxygen atoms in total. The maximum absolute atomic E-state index is 11.4. The van der Waals surface area contributed by atoms with Crippen molar-refractivity contribution >= 4 is 16.9 Å². The largest absolute Gasteiger partial charge is 0.481 e. The molecular formula is C22H24N2O2. The molecule has 134 valence electrons. The predicted molar refractivity (Wildman–Crippen MR) is 103 cm³/mol. The van der Waals surface area contributed by atoms with E-state index >= 15 is 0 Å². The Labute approximate surface area is 153 Å². The van der Waals surface area contributed by atoms with Crippen LogP contribution in [-0.2, 0) is 16.6 Å². The summed E-state index contributed by atoms with van der Waals surface area (Å²) in [4.78, 5) is 19.3. The second-order valence-electron chi connectivity index (χ2n) is 8.45. The molecule has 2 heterocycles. The van der Waals surface area contributed by atoms with Crippen LogP contribution in [-0.4, -0.2) is 21.0 Å². The van der Waals surface area contributed by atoms with Crippen LogP contribution < -0.4 is 0 Å². The van der Waals surface area contributed by atoms with Crippen LogP contribution in [0.4, 0.5) is 0 Å². The molecule has 0 aliphatic heterocycles. The van der Waals surface area contributed by atoms with Gasteiger partial charge in [0.05, 0.1) is 17.1 Å². The number of nitrogens with zero attached hydrogens (tertiary/aromatic N) is 1. The number of fused-ring (bicyclic) bond motifs is 1. The summed E-state index contributed by atoms with van der Waals surface area (Å²) in [6.45, 7) is 5.78. The molecule has 1 aromatic carbocycles. The van der Waals surface area contributed by atoms with E-state index in [1.807, 2.05) is 6.07 Å². The fourth-order valence-electron chi connectivity index (χ4n) is 3.40. The number of hydrogen-bond donors (Lipinski definition) is 2. The van der Waals surface area contributed by atoms with Gasteiger partial charge >= 0.3 is 5.97 Å². The third kappa shape index (κ3) is 3.00. The SMILES string of the molecule is CC(C)(Cc1cc2cc(-c3cccc(C4(C)CC4)c3)[nH]c2cn1)C(=O)O. The van der Waals surface area contributed by atoms with E-state index in [1.54, 1.807) is 20.0 Å². The summed E-state index contributed by atoms with van der Waals surface area (Å²) in [5.41, 5.74) is 4.94. The third-order valence-corrected chi connectivity index (χ3v) is 5.63. The van der Waals surface area contributed by atoms with Crippen LogP contribution >= 0.6 is 0 Å². The first kappa shape index (κ1) is 16.8.